The van der Waals surface area contributed by atoms with Crippen molar-refractivity contribution in [3.63, 3.8) is 0 Å². The fourth-order valence-electron chi connectivity index (χ4n) is 2.19. The fraction of sp³-hybridized carbons (Fsp3) is 0.167. The van der Waals surface area contributed by atoms with Crippen LogP contribution in [-0.2, 0) is 18.4 Å². The van der Waals surface area contributed by atoms with Gasteiger partial charge in [-0.3, -0.25) is 4.79 Å². The number of hydrogen-bond donors (Lipinski definition) is 1. The SMILES string of the molecule is Cn1c(COc2ccc(Br)cc2)nnc1SCC(=O)Nc1cccc(Cl)c1Cl. The molecular formula is C18H15BrCl2N4O2S. The highest BCUT2D eigenvalue weighted by atomic mass is 79.9. The molecule has 0 aliphatic carbocycles. The first kappa shape index (κ1) is 21.0. The number of carbonyl (C=O) groups excluding carboxylic acids is 1. The number of nitrogens with one attached hydrogen (secondary N) is 1. The normalized spacial score (nSPS) is 10.7. The zero-order chi connectivity index (χ0) is 20.1. The van der Waals surface area contributed by atoms with Crippen molar-refractivity contribution >= 4 is 62.5 Å². The van der Waals surface area contributed by atoms with Gasteiger partial charge in [0.25, 0.3) is 0 Å². The number of halogens is 3. The monoisotopic (exact) mass is 500 g/mol. The number of aromatic nitrogens is 3. The number of ether oxygens (including phenoxy) is 1. The van der Waals surface area contributed by atoms with Gasteiger partial charge < -0.3 is 14.6 Å². The van der Waals surface area contributed by atoms with Gasteiger partial charge >= 0.3 is 0 Å². The van der Waals surface area contributed by atoms with Gasteiger partial charge in [-0.25, -0.2) is 0 Å². The Hall–Kier alpha value is -1.74. The molecular weight excluding hydrogens is 487 g/mol. The van der Waals surface area contributed by atoms with E-state index in [1.54, 1.807) is 22.8 Å². The van der Waals surface area contributed by atoms with E-state index < -0.39 is 0 Å². The second kappa shape index (κ2) is 9.65. The van der Waals surface area contributed by atoms with E-state index in [4.69, 9.17) is 27.9 Å². The molecule has 1 aromatic heterocycles. The molecule has 0 aliphatic heterocycles. The third-order valence-corrected chi connectivity index (χ3v) is 6.03. The Bertz CT molecular complexity index is 982. The lowest BCUT2D eigenvalue weighted by molar-refractivity contribution is -0.113. The van der Waals surface area contributed by atoms with E-state index in [0.717, 1.165) is 10.2 Å². The summed E-state index contributed by atoms with van der Waals surface area (Å²) in [5, 5.41) is 12.3. The molecule has 6 nitrogen and oxygen atoms in total. The highest BCUT2D eigenvalue weighted by molar-refractivity contribution is 9.10. The van der Waals surface area contributed by atoms with Crippen molar-refractivity contribution in [1.82, 2.24) is 14.8 Å². The number of benzene rings is 2. The van der Waals surface area contributed by atoms with Crippen molar-refractivity contribution in [2.75, 3.05) is 11.1 Å². The van der Waals surface area contributed by atoms with E-state index in [0.29, 0.717) is 26.7 Å². The zero-order valence-corrected chi connectivity index (χ0v) is 18.6. The lowest BCUT2D eigenvalue weighted by Crippen LogP contribution is -2.15. The van der Waals surface area contributed by atoms with Crippen molar-refractivity contribution < 1.29 is 9.53 Å². The number of hydrogen-bond acceptors (Lipinski definition) is 5. The first-order valence-corrected chi connectivity index (χ1v) is 10.6. The molecule has 3 rings (SSSR count). The topological polar surface area (TPSA) is 69.0 Å². The van der Waals surface area contributed by atoms with Gasteiger partial charge in [-0.05, 0) is 36.4 Å². The van der Waals surface area contributed by atoms with Crippen LogP contribution in [0.3, 0.4) is 0 Å². The van der Waals surface area contributed by atoms with Gasteiger partial charge in [0.15, 0.2) is 11.0 Å². The molecule has 1 amide bonds. The lowest BCUT2D eigenvalue weighted by Gasteiger charge is -2.08. The maximum absolute atomic E-state index is 12.2. The molecule has 0 radical (unpaired) electrons. The van der Waals surface area contributed by atoms with E-state index in [1.807, 2.05) is 31.3 Å². The molecule has 2 aromatic carbocycles. The highest BCUT2D eigenvalue weighted by Gasteiger charge is 2.13. The minimum atomic E-state index is -0.218. The van der Waals surface area contributed by atoms with E-state index >= 15 is 0 Å². The van der Waals surface area contributed by atoms with Gasteiger partial charge in [0.05, 0.1) is 21.5 Å². The van der Waals surface area contributed by atoms with Gasteiger partial charge in [-0.1, -0.05) is 57.0 Å². The van der Waals surface area contributed by atoms with E-state index in [-0.39, 0.29) is 18.3 Å². The van der Waals surface area contributed by atoms with Gasteiger partial charge in [0.1, 0.15) is 12.4 Å². The average molecular weight is 502 g/mol. The standard InChI is InChI=1S/C18H15BrCl2N4O2S/c1-25-15(9-27-12-7-5-11(19)6-8-12)23-24-18(25)28-10-16(26)22-14-4-2-3-13(20)17(14)21/h2-8H,9-10H2,1H3,(H,22,26). The molecule has 0 atom stereocenters. The van der Waals surface area contributed by atoms with E-state index in [9.17, 15) is 4.79 Å². The number of thioether (sulfide) groups is 1. The first-order chi connectivity index (χ1) is 13.4. The Balaban J connectivity index is 1.54. The van der Waals surface area contributed by atoms with E-state index in [2.05, 4.69) is 31.4 Å². The minimum absolute atomic E-state index is 0.155. The van der Waals surface area contributed by atoms with Gasteiger partial charge in [0.2, 0.25) is 5.91 Å². The maximum atomic E-state index is 12.2. The number of carbonyl (C=O) groups is 1. The molecule has 0 saturated carbocycles. The van der Waals surface area contributed by atoms with Crippen molar-refractivity contribution in [2.45, 2.75) is 11.8 Å². The Kier molecular flexibility index (Phi) is 7.23. The van der Waals surface area contributed by atoms with Gasteiger partial charge in [0, 0.05) is 11.5 Å². The molecule has 1 N–H and O–H groups in total. The van der Waals surface area contributed by atoms with Gasteiger partial charge in [-0.15, -0.1) is 10.2 Å². The molecule has 1 heterocycles. The number of rotatable bonds is 7. The first-order valence-electron chi connectivity index (χ1n) is 8.07. The van der Waals surface area contributed by atoms with Crippen LogP contribution in [0.2, 0.25) is 10.0 Å². The van der Waals surface area contributed by atoms with Crippen molar-refractivity contribution in [1.29, 1.82) is 0 Å². The predicted molar refractivity (Wildman–Crippen MR) is 115 cm³/mol. The van der Waals surface area contributed by atoms with Crippen LogP contribution in [0, 0.1) is 0 Å². The molecule has 0 unspecified atom stereocenters. The summed E-state index contributed by atoms with van der Waals surface area (Å²) in [5.41, 5.74) is 0.473. The Labute approximate surface area is 184 Å². The fourth-order valence-corrected chi connectivity index (χ4v) is 3.53. The van der Waals surface area contributed by atoms with Crippen LogP contribution in [0.4, 0.5) is 5.69 Å². The maximum Gasteiger partial charge on any atom is 0.234 e. The molecule has 0 bridgehead atoms. The zero-order valence-electron chi connectivity index (χ0n) is 14.7. The number of anilines is 1. The quantitative estimate of drug-likeness (QED) is 0.451. The average Bonchev–Trinajstić information content (AvgIpc) is 3.03. The largest absolute Gasteiger partial charge is 0.486 e. The predicted octanol–water partition coefficient (Wildman–Crippen LogP) is 5.19. The summed E-state index contributed by atoms with van der Waals surface area (Å²) in [5.74, 6) is 1.33. The molecule has 3 aromatic rings. The number of amides is 1. The lowest BCUT2D eigenvalue weighted by atomic mass is 10.3. The molecule has 28 heavy (non-hydrogen) atoms. The minimum Gasteiger partial charge on any atom is -0.486 e. The third kappa shape index (κ3) is 5.41. The molecule has 0 aliphatic rings. The van der Waals surface area contributed by atoms with Crippen LogP contribution < -0.4 is 10.1 Å². The summed E-state index contributed by atoms with van der Waals surface area (Å²) >= 11 is 16.7. The van der Waals surface area contributed by atoms with Crippen LogP contribution >= 0.6 is 50.9 Å². The summed E-state index contributed by atoms with van der Waals surface area (Å²) in [4.78, 5) is 12.2. The van der Waals surface area contributed by atoms with Crippen LogP contribution in [0.15, 0.2) is 52.1 Å². The molecule has 0 spiro atoms. The smallest absolute Gasteiger partial charge is 0.234 e. The van der Waals surface area contributed by atoms with Crippen LogP contribution in [0.5, 0.6) is 5.75 Å². The summed E-state index contributed by atoms with van der Waals surface area (Å²) in [6, 6.07) is 12.6. The van der Waals surface area contributed by atoms with Gasteiger partial charge in [-0.2, -0.15) is 0 Å². The number of nitrogens with zero attached hydrogens (tertiary/aromatic N) is 3. The summed E-state index contributed by atoms with van der Waals surface area (Å²) in [6.07, 6.45) is 0. The Morgan fingerprint density at radius 2 is 1.96 bits per heavy atom. The third-order valence-electron chi connectivity index (χ3n) is 3.66. The second-order valence-electron chi connectivity index (χ2n) is 5.64. The highest BCUT2D eigenvalue weighted by Crippen LogP contribution is 2.29. The van der Waals surface area contributed by atoms with E-state index in [1.165, 1.54) is 11.8 Å². The Morgan fingerprint density at radius 3 is 2.71 bits per heavy atom. The summed E-state index contributed by atoms with van der Waals surface area (Å²) in [6.45, 7) is 0.274. The van der Waals surface area contributed by atoms with Crippen LogP contribution in [0.25, 0.3) is 0 Å². The Morgan fingerprint density at radius 1 is 1.21 bits per heavy atom. The molecule has 10 heteroatoms. The second-order valence-corrected chi connectivity index (χ2v) is 8.28. The summed E-state index contributed by atoms with van der Waals surface area (Å²) in [7, 11) is 1.83. The van der Waals surface area contributed by atoms with Crippen molar-refractivity contribution in [2.24, 2.45) is 7.05 Å². The molecule has 0 saturated heterocycles. The van der Waals surface area contributed by atoms with Crippen molar-refractivity contribution in [3.8, 4) is 5.75 Å². The summed E-state index contributed by atoms with van der Waals surface area (Å²) < 4.78 is 8.49. The van der Waals surface area contributed by atoms with Crippen LogP contribution in [-0.4, -0.2) is 26.4 Å². The van der Waals surface area contributed by atoms with Crippen LogP contribution in [0.1, 0.15) is 5.82 Å². The molecule has 0 fully saturated rings. The molecule has 146 valence electrons. The van der Waals surface area contributed by atoms with Crippen molar-refractivity contribution in [3.05, 3.63) is 62.8 Å².